The minimum Gasteiger partial charge on any atom is -0.448 e. The van der Waals surface area contributed by atoms with E-state index < -0.39 is 6.09 Å². The molecule has 1 aromatic carbocycles. The van der Waals surface area contributed by atoms with Crippen molar-refractivity contribution < 1.29 is 14.4 Å². The molecule has 19 heavy (non-hydrogen) atoms. The molecule has 1 amide bonds. The zero-order valence-electron chi connectivity index (χ0n) is 11.0. The Hall–Kier alpha value is -2.06. The molecule has 102 valence electrons. The summed E-state index contributed by atoms with van der Waals surface area (Å²) in [5.74, 6) is 0. The fourth-order valence-corrected chi connectivity index (χ4v) is 1.43. The van der Waals surface area contributed by atoms with Crippen LogP contribution >= 0.6 is 0 Å². The van der Waals surface area contributed by atoms with Crippen molar-refractivity contribution in [3.05, 3.63) is 35.9 Å². The van der Waals surface area contributed by atoms with Crippen LogP contribution in [0, 0.1) is 11.3 Å². The molecule has 1 rings (SSSR count). The molecule has 1 aromatic rings. The Morgan fingerprint density at radius 2 is 2.11 bits per heavy atom. The second-order valence-electron chi connectivity index (χ2n) is 3.82. The molecule has 0 bridgehead atoms. The van der Waals surface area contributed by atoms with Crippen LogP contribution in [0.3, 0.4) is 0 Å². The molecule has 0 heterocycles. The van der Waals surface area contributed by atoms with Crippen molar-refractivity contribution >= 4 is 6.09 Å². The number of nitrogens with zero attached hydrogens (tertiary/aromatic N) is 2. The molecule has 0 aliphatic rings. The van der Waals surface area contributed by atoms with Gasteiger partial charge < -0.3 is 4.74 Å². The van der Waals surface area contributed by atoms with E-state index in [-0.39, 0.29) is 0 Å². The fourth-order valence-electron chi connectivity index (χ4n) is 1.43. The van der Waals surface area contributed by atoms with Crippen molar-refractivity contribution in [2.45, 2.75) is 26.4 Å². The van der Waals surface area contributed by atoms with E-state index in [1.165, 1.54) is 5.06 Å². The number of hydroxylamine groups is 2. The maximum atomic E-state index is 11.7. The van der Waals surface area contributed by atoms with Crippen molar-refractivity contribution in [3.8, 4) is 6.07 Å². The molecule has 0 radical (unpaired) electrons. The molecule has 0 aliphatic heterocycles. The highest BCUT2D eigenvalue weighted by Crippen LogP contribution is 2.06. The maximum absolute atomic E-state index is 11.7. The molecule has 5 nitrogen and oxygen atoms in total. The minimum absolute atomic E-state index is 0.294. The SMILES string of the molecule is CCOC(=O)N(CCCC#N)OCc1ccccc1. The van der Waals surface area contributed by atoms with Crippen LogP contribution in [0.2, 0.25) is 0 Å². The largest absolute Gasteiger partial charge is 0.448 e. The van der Waals surface area contributed by atoms with Crippen LogP contribution in [0.5, 0.6) is 0 Å². The highest BCUT2D eigenvalue weighted by Gasteiger charge is 2.15. The van der Waals surface area contributed by atoms with E-state index in [9.17, 15) is 4.79 Å². The van der Waals surface area contributed by atoms with Gasteiger partial charge in [0.15, 0.2) is 0 Å². The summed E-state index contributed by atoms with van der Waals surface area (Å²) in [6, 6.07) is 11.6. The summed E-state index contributed by atoms with van der Waals surface area (Å²) in [4.78, 5) is 17.1. The van der Waals surface area contributed by atoms with Gasteiger partial charge in [0.25, 0.3) is 0 Å². The van der Waals surface area contributed by atoms with Crippen LogP contribution < -0.4 is 0 Å². The summed E-state index contributed by atoms with van der Waals surface area (Å²) in [6.07, 6.45) is 0.422. The van der Waals surface area contributed by atoms with Gasteiger partial charge in [0.1, 0.15) is 6.61 Å². The number of carbonyl (C=O) groups is 1. The molecule has 5 heteroatoms. The number of rotatable bonds is 7. The van der Waals surface area contributed by atoms with Gasteiger partial charge in [-0.15, -0.1) is 0 Å². The molecule has 0 saturated carbocycles. The Labute approximate surface area is 113 Å². The van der Waals surface area contributed by atoms with Gasteiger partial charge in [-0.2, -0.15) is 10.3 Å². The molecular formula is C14H18N2O3. The number of nitriles is 1. The van der Waals surface area contributed by atoms with E-state index >= 15 is 0 Å². The standard InChI is InChI=1S/C14H18N2O3/c1-2-18-14(17)16(11-7-6-10-15)19-12-13-8-4-3-5-9-13/h3-5,8-9H,2,6-7,11-12H2,1H3. The predicted octanol–water partition coefficient (Wildman–Crippen LogP) is 2.88. The molecule has 0 N–H and O–H groups in total. The van der Waals surface area contributed by atoms with E-state index in [1.54, 1.807) is 6.92 Å². The summed E-state index contributed by atoms with van der Waals surface area (Å²) in [5.41, 5.74) is 0.970. The number of carbonyl (C=O) groups excluding carboxylic acids is 1. The van der Waals surface area contributed by atoms with Crippen LogP contribution in [0.1, 0.15) is 25.3 Å². The number of unbranched alkanes of at least 4 members (excludes halogenated alkanes) is 1. The normalized spacial score (nSPS) is 9.68. The van der Waals surface area contributed by atoms with E-state index in [0.717, 1.165) is 5.56 Å². The first-order valence-corrected chi connectivity index (χ1v) is 6.26. The van der Waals surface area contributed by atoms with E-state index in [1.807, 2.05) is 36.4 Å². The van der Waals surface area contributed by atoms with Gasteiger partial charge in [0.05, 0.1) is 19.2 Å². The molecular weight excluding hydrogens is 244 g/mol. The lowest BCUT2D eigenvalue weighted by atomic mass is 10.2. The topological polar surface area (TPSA) is 62.6 Å². The first-order valence-electron chi connectivity index (χ1n) is 6.26. The second kappa shape index (κ2) is 8.95. The number of amides is 1. The smallest absolute Gasteiger partial charge is 0.433 e. The van der Waals surface area contributed by atoms with Crippen molar-refractivity contribution in [2.75, 3.05) is 13.2 Å². The van der Waals surface area contributed by atoms with E-state index in [4.69, 9.17) is 14.8 Å². The average molecular weight is 262 g/mol. The molecule has 0 atom stereocenters. The van der Waals surface area contributed by atoms with Crippen LogP contribution in [0.25, 0.3) is 0 Å². The Morgan fingerprint density at radius 3 is 2.74 bits per heavy atom. The summed E-state index contributed by atoms with van der Waals surface area (Å²) < 4.78 is 4.90. The quantitative estimate of drug-likeness (QED) is 0.560. The summed E-state index contributed by atoms with van der Waals surface area (Å²) in [7, 11) is 0. The van der Waals surface area contributed by atoms with Crippen LogP contribution in [-0.2, 0) is 16.2 Å². The fraction of sp³-hybridized carbons (Fsp3) is 0.429. The van der Waals surface area contributed by atoms with Gasteiger partial charge in [-0.25, -0.2) is 4.79 Å². The van der Waals surface area contributed by atoms with Crippen LogP contribution in [0.15, 0.2) is 30.3 Å². The lowest BCUT2D eigenvalue weighted by molar-refractivity contribution is -0.146. The molecule has 0 aromatic heterocycles. The third-order valence-corrected chi connectivity index (χ3v) is 2.35. The molecule has 0 unspecified atom stereocenters. The summed E-state index contributed by atoms with van der Waals surface area (Å²) >= 11 is 0. The first kappa shape index (κ1) is 15.0. The Kier molecular flexibility index (Phi) is 7.06. The van der Waals surface area contributed by atoms with Gasteiger partial charge in [-0.3, -0.25) is 4.84 Å². The molecule has 0 saturated heterocycles. The zero-order chi connectivity index (χ0) is 13.9. The summed E-state index contributed by atoms with van der Waals surface area (Å²) in [5, 5.41) is 9.68. The van der Waals surface area contributed by atoms with Crippen molar-refractivity contribution in [1.82, 2.24) is 5.06 Å². The first-order chi connectivity index (χ1) is 9.27. The van der Waals surface area contributed by atoms with Crippen molar-refractivity contribution in [2.24, 2.45) is 0 Å². The maximum Gasteiger partial charge on any atom is 0.433 e. The van der Waals surface area contributed by atoms with Gasteiger partial charge in [-0.1, -0.05) is 30.3 Å². The number of ether oxygens (including phenoxy) is 1. The van der Waals surface area contributed by atoms with E-state index in [2.05, 4.69) is 0 Å². The van der Waals surface area contributed by atoms with Gasteiger partial charge in [0, 0.05) is 6.42 Å². The molecule has 0 aliphatic carbocycles. The highest BCUT2D eigenvalue weighted by atomic mass is 16.7. The average Bonchev–Trinajstić information content (AvgIpc) is 2.44. The highest BCUT2D eigenvalue weighted by molar-refractivity contribution is 5.66. The second-order valence-corrected chi connectivity index (χ2v) is 3.82. The third kappa shape index (κ3) is 5.89. The number of hydrogen-bond donors (Lipinski definition) is 0. The van der Waals surface area contributed by atoms with Crippen LogP contribution in [-0.4, -0.2) is 24.3 Å². The Balaban J connectivity index is 2.48. The lowest BCUT2D eigenvalue weighted by Gasteiger charge is -2.20. The molecule has 0 fully saturated rings. The monoisotopic (exact) mass is 262 g/mol. The number of hydrogen-bond acceptors (Lipinski definition) is 4. The predicted molar refractivity (Wildman–Crippen MR) is 69.8 cm³/mol. The van der Waals surface area contributed by atoms with Crippen LogP contribution in [0.4, 0.5) is 4.79 Å². The van der Waals surface area contributed by atoms with Gasteiger partial charge >= 0.3 is 6.09 Å². The lowest BCUT2D eigenvalue weighted by Crippen LogP contribution is -2.32. The van der Waals surface area contributed by atoms with Gasteiger partial charge in [-0.05, 0) is 18.9 Å². The van der Waals surface area contributed by atoms with Crippen molar-refractivity contribution in [1.29, 1.82) is 5.26 Å². The Morgan fingerprint density at radius 1 is 1.37 bits per heavy atom. The third-order valence-electron chi connectivity index (χ3n) is 2.35. The molecule has 0 spiro atoms. The summed E-state index contributed by atoms with van der Waals surface area (Å²) in [6.45, 7) is 2.68. The zero-order valence-corrected chi connectivity index (χ0v) is 11.0. The van der Waals surface area contributed by atoms with Gasteiger partial charge in [0.2, 0.25) is 0 Å². The Bertz CT molecular complexity index is 414. The minimum atomic E-state index is -0.517. The van der Waals surface area contributed by atoms with Crippen molar-refractivity contribution in [3.63, 3.8) is 0 Å². The van der Waals surface area contributed by atoms with E-state index in [0.29, 0.717) is 32.6 Å². The number of benzene rings is 1.